The molecule has 0 heterocycles. The molecule has 0 saturated carbocycles. The molecule has 3 nitrogen and oxygen atoms in total. The van der Waals surface area contributed by atoms with Gasteiger partial charge in [-0.05, 0) is 32.4 Å². The first-order valence-corrected chi connectivity index (χ1v) is 6.00. The molecule has 0 saturated heterocycles. The Hall–Kier alpha value is -1.61. The van der Waals surface area contributed by atoms with Crippen LogP contribution in [0, 0.1) is 6.92 Å². The highest BCUT2D eigenvalue weighted by Crippen LogP contribution is 2.07. The molecule has 0 aliphatic heterocycles. The van der Waals surface area contributed by atoms with E-state index in [4.69, 9.17) is 0 Å². The molecule has 0 aliphatic carbocycles. The van der Waals surface area contributed by atoms with E-state index in [9.17, 15) is 9.90 Å². The third kappa shape index (κ3) is 5.15. The first-order chi connectivity index (χ1) is 8.28. The molecule has 1 rings (SSSR count). The number of benzene rings is 1. The summed E-state index contributed by atoms with van der Waals surface area (Å²) in [5.74, 6) is -0.113. The third-order valence-corrected chi connectivity index (χ3v) is 2.50. The van der Waals surface area contributed by atoms with E-state index >= 15 is 0 Å². The van der Waals surface area contributed by atoms with Crippen LogP contribution in [0.2, 0.25) is 0 Å². The van der Waals surface area contributed by atoms with Crippen molar-refractivity contribution >= 4 is 12.0 Å². The van der Waals surface area contributed by atoms with Gasteiger partial charge in [-0.1, -0.05) is 29.8 Å². The highest BCUT2D eigenvalue weighted by Gasteiger charge is 2.17. The monoisotopic (exact) mass is 247 g/mol. The van der Waals surface area contributed by atoms with Crippen molar-refractivity contribution in [3.05, 3.63) is 41.5 Å². The first kappa shape index (κ1) is 14.5. The van der Waals surface area contributed by atoms with Crippen molar-refractivity contribution in [2.45, 2.75) is 26.4 Å². The third-order valence-electron chi connectivity index (χ3n) is 2.50. The molecule has 98 valence electrons. The second kappa shape index (κ2) is 5.83. The highest BCUT2D eigenvalue weighted by atomic mass is 16.3. The zero-order valence-electron chi connectivity index (χ0n) is 11.5. The molecule has 1 amide bonds. The number of nitrogens with zero attached hydrogens (tertiary/aromatic N) is 1. The van der Waals surface area contributed by atoms with E-state index in [0.717, 1.165) is 5.56 Å². The van der Waals surface area contributed by atoms with Gasteiger partial charge in [0.25, 0.3) is 0 Å². The zero-order chi connectivity index (χ0) is 13.8. The lowest BCUT2D eigenvalue weighted by Crippen LogP contribution is -2.38. The minimum Gasteiger partial charge on any atom is -0.389 e. The van der Waals surface area contributed by atoms with Crippen LogP contribution in [0.25, 0.3) is 6.08 Å². The van der Waals surface area contributed by atoms with Crippen LogP contribution >= 0.6 is 0 Å². The lowest BCUT2D eigenvalue weighted by Gasteiger charge is -2.24. The fraction of sp³-hybridized carbons (Fsp3) is 0.400. The Morgan fingerprint density at radius 2 is 1.89 bits per heavy atom. The van der Waals surface area contributed by atoms with Crippen molar-refractivity contribution in [1.82, 2.24) is 4.90 Å². The van der Waals surface area contributed by atoms with Crippen LogP contribution < -0.4 is 0 Å². The van der Waals surface area contributed by atoms with Crippen LogP contribution in [-0.2, 0) is 4.79 Å². The summed E-state index contributed by atoms with van der Waals surface area (Å²) in [5, 5.41) is 9.63. The summed E-state index contributed by atoms with van der Waals surface area (Å²) in [6.07, 6.45) is 3.30. The van der Waals surface area contributed by atoms with E-state index in [2.05, 4.69) is 0 Å². The fourth-order valence-electron chi connectivity index (χ4n) is 1.63. The minimum absolute atomic E-state index is 0.113. The van der Waals surface area contributed by atoms with Gasteiger partial charge in [0, 0.05) is 19.7 Å². The summed E-state index contributed by atoms with van der Waals surface area (Å²) in [7, 11) is 1.68. The Morgan fingerprint density at radius 3 is 2.39 bits per heavy atom. The number of hydrogen-bond acceptors (Lipinski definition) is 2. The van der Waals surface area contributed by atoms with Gasteiger partial charge in [0.15, 0.2) is 0 Å². The van der Waals surface area contributed by atoms with Gasteiger partial charge >= 0.3 is 0 Å². The maximum absolute atomic E-state index is 11.8. The maximum Gasteiger partial charge on any atom is 0.246 e. The second-order valence-electron chi connectivity index (χ2n) is 5.25. The highest BCUT2D eigenvalue weighted by molar-refractivity contribution is 5.91. The fourth-order valence-corrected chi connectivity index (χ4v) is 1.63. The minimum atomic E-state index is -0.873. The number of carbonyl (C=O) groups excluding carboxylic acids is 1. The van der Waals surface area contributed by atoms with Crippen LogP contribution in [-0.4, -0.2) is 35.1 Å². The van der Waals surface area contributed by atoms with Crippen LogP contribution in [0.4, 0.5) is 0 Å². The van der Waals surface area contributed by atoms with E-state index in [1.165, 1.54) is 16.5 Å². The summed E-state index contributed by atoms with van der Waals surface area (Å²) in [6, 6.07) is 7.94. The molecule has 1 N–H and O–H groups in total. The molecule has 0 bridgehead atoms. The van der Waals surface area contributed by atoms with Crippen molar-refractivity contribution in [2.75, 3.05) is 13.6 Å². The summed E-state index contributed by atoms with van der Waals surface area (Å²) in [6.45, 7) is 5.70. The molecule has 1 aromatic rings. The maximum atomic E-state index is 11.8. The predicted octanol–water partition coefficient (Wildman–Crippen LogP) is 2.24. The first-order valence-electron chi connectivity index (χ1n) is 6.00. The molecule has 18 heavy (non-hydrogen) atoms. The van der Waals surface area contributed by atoms with E-state index < -0.39 is 5.60 Å². The molecular weight excluding hydrogens is 226 g/mol. The number of aliphatic hydroxyl groups is 1. The quantitative estimate of drug-likeness (QED) is 0.829. The molecule has 0 radical (unpaired) electrons. The van der Waals surface area contributed by atoms with Gasteiger partial charge in [-0.25, -0.2) is 0 Å². The molecule has 0 spiro atoms. The largest absolute Gasteiger partial charge is 0.389 e. The lowest BCUT2D eigenvalue weighted by atomic mass is 10.1. The average molecular weight is 247 g/mol. The van der Waals surface area contributed by atoms with Gasteiger partial charge < -0.3 is 10.0 Å². The number of amides is 1. The lowest BCUT2D eigenvalue weighted by molar-refractivity contribution is -0.127. The summed E-state index contributed by atoms with van der Waals surface area (Å²) in [4.78, 5) is 13.3. The van der Waals surface area contributed by atoms with Crippen molar-refractivity contribution in [1.29, 1.82) is 0 Å². The van der Waals surface area contributed by atoms with Crippen molar-refractivity contribution < 1.29 is 9.90 Å². The summed E-state index contributed by atoms with van der Waals surface area (Å²) >= 11 is 0. The summed E-state index contributed by atoms with van der Waals surface area (Å²) in [5.41, 5.74) is 1.31. The Morgan fingerprint density at radius 1 is 1.33 bits per heavy atom. The smallest absolute Gasteiger partial charge is 0.246 e. The molecule has 1 aromatic carbocycles. The normalized spacial score (nSPS) is 11.8. The molecule has 0 atom stereocenters. The second-order valence-corrected chi connectivity index (χ2v) is 5.25. The Labute approximate surface area is 109 Å². The van der Waals surface area contributed by atoms with E-state index in [1.54, 1.807) is 27.0 Å². The molecule has 3 heteroatoms. The van der Waals surface area contributed by atoms with Gasteiger partial charge in [0.2, 0.25) is 5.91 Å². The van der Waals surface area contributed by atoms with Crippen LogP contribution in [0.1, 0.15) is 25.0 Å². The Bertz CT molecular complexity index is 427. The standard InChI is InChI=1S/C15H21NO2/c1-12-5-7-13(8-6-12)9-10-14(17)16(4)11-15(2,3)18/h5-10,18H,11H2,1-4H3. The predicted molar refractivity (Wildman–Crippen MR) is 74.1 cm³/mol. The number of aryl methyl sites for hydroxylation is 1. The van der Waals surface area contributed by atoms with E-state index in [1.807, 2.05) is 31.2 Å². The topological polar surface area (TPSA) is 40.5 Å². The SMILES string of the molecule is Cc1ccc(C=CC(=O)N(C)CC(C)(C)O)cc1. The van der Waals surface area contributed by atoms with Gasteiger partial charge in [-0.15, -0.1) is 0 Å². The summed E-state index contributed by atoms with van der Waals surface area (Å²) < 4.78 is 0. The van der Waals surface area contributed by atoms with Crippen molar-refractivity contribution in [3.8, 4) is 0 Å². The average Bonchev–Trinajstić information content (AvgIpc) is 2.25. The van der Waals surface area contributed by atoms with Crippen molar-refractivity contribution in [3.63, 3.8) is 0 Å². The molecule has 0 aromatic heterocycles. The zero-order valence-corrected chi connectivity index (χ0v) is 11.5. The van der Waals surface area contributed by atoms with Gasteiger partial charge in [0.1, 0.15) is 0 Å². The van der Waals surface area contributed by atoms with Gasteiger partial charge in [-0.2, -0.15) is 0 Å². The molecule has 0 unspecified atom stereocenters. The molecule has 0 aliphatic rings. The number of likely N-dealkylation sites (N-methyl/N-ethyl adjacent to an activating group) is 1. The number of rotatable bonds is 4. The number of carbonyl (C=O) groups is 1. The Balaban J connectivity index is 2.61. The molecular formula is C15H21NO2. The number of hydrogen-bond donors (Lipinski definition) is 1. The van der Waals surface area contributed by atoms with Crippen LogP contribution in [0.3, 0.4) is 0 Å². The van der Waals surface area contributed by atoms with Crippen LogP contribution in [0.5, 0.6) is 0 Å². The van der Waals surface area contributed by atoms with Gasteiger partial charge in [0.05, 0.1) is 5.60 Å². The van der Waals surface area contributed by atoms with E-state index in [0.29, 0.717) is 6.54 Å². The molecule has 0 fully saturated rings. The van der Waals surface area contributed by atoms with Crippen molar-refractivity contribution in [2.24, 2.45) is 0 Å². The van der Waals surface area contributed by atoms with E-state index in [-0.39, 0.29) is 5.91 Å². The Kier molecular flexibility index (Phi) is 4.68. The van der Waals surface area contributed by atoms with Gasteiger partial charge in [-0.3, -0.25) is 4.79 Å². The van der Waals surface area contributed by atoms with Crippen LogP contribution in [0.15, 0.2) is 30.3 Å².